The third-order valence-electron chi connectivity index (χ3n) is 2.37. The van der Waals surface area contributed by atoms with Gasteiger partial charge in [-0.25, -0.2) is 0 Å². The van der Waals surface area contributed by atoms with Gasteiger partial charge in [-0.05, 0) is 41.0 Å². The molecule has 5 heteroatoms. The van der Waals surface area contributed by atoms with Crippen molar-refractivity contribution in [1.29, 1.82) is 0 Å². The lowest BCUT2D eigenvalue weighted by Crippen LogP contribution is -2.07. The fourth-order valence-corrected chi connectivity index (χ4v) is 2.37. The molecule has 0 aliphatic rings. The summed E-state index contributed by atoms with van der Waals surface area (Å²) in [6, 6.07) is 4.88. The van der Waals surface area contributed by atoms with Gasteiger partial charge in [0, 0.05) is 21.1 Å². The fourth-order valence-electron chi connectivity index (χ4n) is 1.25. The van der Waals surface area contributed by atoms with Crippen molar-refractivity contribution in [2.24, 2.45) is 0 Å². The van der Waals surface area contributed by atoms with E-state index in [2.05, 4.69) is 22.6 Å². The van der Waals surface area contributed by atoms with Crippen molar-refractivity contribution in [3.8, 4) is 0 Å². The Hall–Kier alpha value is -0.360. The van der Waals surface area contributed by atoms with Crippen molar-refractivity contribution in [1.82, 2.24) is 0 Å². The summed E-state index contributed by atoms with van der Waals surface area (Å²) in [6.45, 7) is 3.94. The van der Waals surface area contributed by atoms with E-state index >= 15 is 0 Å². The summed E-state index contributed by atoms with van der Waals surface area (Å²) in [5.41, 5.74) is 1.18. The van der Waals surface area contributed by atoms with Crippen molar-refractivity contribution in [3.63, 3.8) is 0 Å². The van der Waals surface area contributed by atoms with E-state index in [9.17, 15) is 10.1 Å². The van der Waals surface area contributed by atoms with E-state index < -0.39 is 0 Å². The first-order chi connectivity index (χ1) is 6.93. The summed E-state index contributed by atoms with van der Waals surface area (Å²) < 4.78 is 0.891. The Labute approximate surface area is 107 Å². The van der Waals surface area contributed by atoms with Crippen LogP contribution in [0.2, 0.25) is 0 Å². The largest absolute Gasteiger partial charge is 0.270 e. The molecule has 15 heavy (non-hydrogen) atoms. The minimum absolute atomic E-state index is 0.0139. The minimum atomic E-state index is -0.388. The summed E-state index contributed by atoms with van der Waals surface area (Å²) >= 11 is 8.10. The van der Waals surface area contributed by atoms with E-state index in [1.807, 2.05) is 13.8 Å². The molecule has 0 spiro atoms. The molecule has 2 atom stereocenters. The third-order valence-corrected chi connectivity index (χ3v) is 3.69. The number of rotatable bonds is 3. The Balaban J connectivity index is 3.08. The number of nitro groups is 1. The maximum Gasteiger partial charge on any atom is 0.270 e. The Bertz CT molecular complexity index is 382. The first kappa shape index (κ1) is 12.7. The Morgan fingerprint density at radius 1 is 1.47 bits per heavy atom. The second-order valence-corrected chi connectivity index (χ2v) is 5.28. The van der Waals surface area contributed by atoms with E-state index in [0.717, 1.165) is 9.13 Å². The maximum absolute atomic E-state index is 10.5. The lowest BCUT2D eigenvalue weighted by atomic mass is 9.98. The van der Waals surface area contributed by atoms with Crippen molar-refractivity contribution >= 4 is 39.9 Å². The van der Waals surface area contributed by atoms with Gasteiger partial charge in [0.1, 0.15) is 0 Å². The summed E-state index contributed by atoms with van der Waals surface area (Å²) in [5, 5.41) is 10.6. The molecule has 1 aromatic rings. The van der Waals surface area contributed by atoms with Crippen LogP contribution in [0, 0.1) is 13.7 Å². The second-order valence-electron chi connectivity index (χ2n) is 3.43. The van der Waals surface area contributed by atoms with Gasteiger partial charge in [-0.15, -0.1) is 11.6 Å². The normalized spacial score (nSPS) is 14.7. The topological polar surface area (TPSA) is 43.1 Å². The highest BCUT2D eigenvalue weighted by Gasteiger charge is 2.17. The number of benzene rings is 1. The zero-order valence-corrected chi connectivity index (χ0v) is 11.3. The van der Waals surface area contributed by atoms with Gasteiger partial charge >= 0.3 is 0 Å². The van der Waals surface area contributed by atoms with Gasteiger partial charge in [-0.3, -0.25) is 10.1 Å². The van der Waals surface area contributed by atoms with Crippen molar-refractivity contribution < 1.29 is 4.92 Å². The zero-order chi connectivity index (χ0) is 11.6. The average molecular weight is 340 g/mol. The van der Waals surface area contributed by atoms with Gasteiger partial charge in [0.2, 0.25) is 0 Å². The van der Waals surface area contributed by atoms with Crippen molar-refractivity contribution in [2.75, 3.05) is 0 Å². The molecule has 1 rings (SSSR count). The quantitative estimate of drug-likeness (QED) is 0.362. The van der Waals surface area contributed by atoms with Crippen LogP contribution in [0.3, 0.4) is 0 Å². The van der Waals surface area contributed by atoms with Crippen LogP contribution in [0.25, 0.3) is 0 Å². The van der Waals surface area contributed by atoms with Crippen LogP contribution in [-0.4, -0.2) is 10.3 Å². The van der Waals surface area contributed by atoms with Gasteiger partial charge in [-0.2, -0.15) is 0 Å². The molecule has 3 nitrogen and oxygen atoms in total. The van der Waals surface area contributed by atoms with Crippen LogP contribution in [0.5, 0.6) is 0 Å². The minimum Gasteiger partial charge on any atom is -0.258 e. The van der Waals surface area contributed by atoms with Crippen LogP contribution in [0.15, 0.2) is 18.2 Å². The molecule has 0 saturated carbocycles. The smallest absolute Gasteiger partial charge is 0.258 e. The lowest BCUT2D eigenvalue weighted by molar-refractivity contribution is -0.385. The molecular formula is C10H11ClINO2. The number of hydrogen-bond acceptors (Lipinski definition) is 2. The number of nitro benzene ring substituents is 1. The van der Waals surface area contributed by atoms with Crippen molar-refractivity contribution in [2.45, 2.75) is 25.1 Å². The molecule has 2 unspecified atom stereocenters. The Morgan fingerprint density at radius 3 is 2.47 bits per heavy atom. The van der Waals surface area contributed by atoms with Gasteiger partial charge in [0.15, 0.2) is 0 Å². The number of nitrogens with zero attached hydrogens (tertiary/aromatic N) is 1. The molecule has 0 saturated heterocycles. The molecule has 0 aromatic heterocycles. The predicted octanol–water partition coefficient (Wildman–Crippen LogP) is 3.93. The molecular weight excluding hydrogens is 328 g/mol. The summed E-state index contributed by atoms with van der Waals surface area (Å²) in [5.74, 6) is 0.194. The van der Waals surface area contributed by atoms with E-state index in [-0.39, 0.29) is 21.9 Å². The fraction of sp³-hybridized carbons (Fsp3) is 0.400. The molecule has 82 valence electrons. The molecule has 0 aliphatic heterocycles. The molecule has 1 aromatic carbocycles. The molecule has 0 N–H and O–H groups in total. The number of non-ortho nitro benzene ring substituents is 1. The van der Waals surface area contributed by atoms with Gasteiger partial charge in [-0.1, -0.05) is 13.0 Å². The monoisotopic (exact) mass is 339 g/mol. The van der Waals surface area contributed by atoms with E-state index in [4.69, 9.17) is 11.6 Å². The van der Waals surface area contributed by atoms with Crippen LogP contribution >= 0.6 is 34.2 Å². The Kier molecular flexibility index (Phi) is 4.33. The summed E-state index contributed by atoms with van der Waals surface area (Å²) in [7, 11) is 0. The molecule has 0 heterocycles. The highest BCUT2D eigenvalue weighted by atomic mass is 127. The predicted molar refractivity (Wildman–Crippen MR) is 69.5 cm³/mol. The first-order valence-corrected chi connectivity index (χ1v) is 6.03. The summed E-state index contributed by atoms with van der Waals surface area (Å²) in [6.07, 6.45) is 0. The maximum atomic E-state index is 10.5. The molecule has 0 radical (unpaired) electrons. The molecule has 0 amide bonds. The SMILES string of the molecule is CC(Cl)C(C)c1ccc([N+](=O)[O-])cc1I. The number of halogens is 2. The third kappa shape index (κ3) is 3.04. The number of alkyl halides is 1. The Morgan fingerprint density at radius 2 is 2.07 bits per heavy atom. The highest BCUT2D eigenvalue weighted by Crippen LogP contribution is 2.29. The van der Waals surface area contributed by atoms with Gasteiger partial charge < -0.3 is 0 Å². The van der Waals surface area contributed by atoms with Gasteiger partial charge in [0.05, 0.1) is 4.92 Å². The average Bonchev–Trinajstić information content (AvgIpc) is 2.16. The van der Waals surface area contributed by atoms with Crippen molar-refractivity contribution in [3.05, 3.63) is 37.4 Å². The number of hydrogen-bond donors (Lipinski definition) is 0. The van der Waals surface area contributed by atoms with Gasteiger partial charge in [0.25, 0.3) is 5.69 Å². The van der Waals surface area contributed by atoms with Crippen LogP contribution in [0.1, 0.15) is 25.3 Å². The standard InChI is InChI=1S/C10H11ClINO2/c1-6(7(2)11)9-4-3-8(13(14)15)5-10(9)12/h3-7H,1-2H3. The van der Waals surface area contributed by atoms with Crippen LogP contribution < -0.4 is 0 Å². The molecule has 0 aliphatic carbocycles. The second kappa shape index (κ2) is 5.12. The molecule has 0 fully saturated rings. The van der Waals surface area contributed by atoms with Crippen LogP contribution in [-0.2, 0) is 0 Å². The zero-order valence-electron chi connectivity index (χ0n) is 8.41. The van der Waals surface area contributed by atoms with E-state index in [0.29, 0.717) is 0 Å². The lowest BCUT2D eigenvalue weighted by Gasteiger charge is -2.15. The van der Waals surface area contributed by atoms with E-state index in [1.165, 1.54) is 6.07 Å². The van der Waals surface area contributed by atoms with Crippen LogP contribution in [0.4, 0.5) is 5.69 Å². The highest BCUT2D eigenvalue weighted by molar-refractivity contribution is 14.1. The summed E-state index contributed by atoms with van der Waals surface area (Å²) in [4.78, 5) is 10.2. The van der Waals surface area contributed by atoms with E-state index in [1.54, 1.807) is 12.1 Å². The first-order valence-electron chi connectivity index (χ1n) is 4.51. The molecule has 0 bridgehead atoms.